The van der Waals surface area contributed by atoms with Gasteiger partial charge in [-0.15, -0.1) is 0 Å². The SMILES string of the molecule is CS(=O)(=NC(=O)c1cncc(-c2ccc3c(c2)C(=O)C(=O)N3)c1)c1ccccc1. The molecule has 4 rings (SSSR count). The minimum absolute atomic E-state index is 0.175. The van der Waals surface area contributed by atoms with Crippen molar-refractivity contribution in [2.75, 3.05) is 11.6 Å². The molecule has 0 radical (unpaired) electrons. The van der Waals surface area contributed by atoms with Crippen molar-refractivity contribution in [1.29, 1.82) is 0 Å². The van der Waals surface area contributed by atoms with Crippen LogP contribution in [-0.2, 0) is 14.5 Å². The molecule has 2 heterocycles. The number of fused-ring (bicyclic) bond motifs is 1. The third-order valence-corrected chi connectivity index (χ3v) is 6.14. The summed E-state index contributed by atoms with van der Waals surface area (Å²) in [6, 6.07) is 15.0. The minimum Gasteiger partial charge on any atom is -0.318 e. The first-order valence-electron chi connectivity index (χ1n) is 8.62. The molecule has 1 aliphatic rings. The number of carbonyl (C=O) groups is 3. The van der Waals surface area contributed by atoms with Crippen LogP contribution in [0.25, 0.3) is 11.1 Å². The van der Waals surface area contributed by atoms with Crippen LogP contribution in [0.3, 0.4) is 0 Å². The molecular formula is C21H15N3O4S. The molecule has 1 unspecified atom stereocenters. The molecule has 0 saturated carbocycles. The van der Waals surface area contributed by atoms with Gasteiger partial charge in [-0.3, -0.25) is 19.4 Å². The van der Waals surface area contributed by atoms with E-state index in [0.29, 0.717) is 21.7 Å². The molecule has 0 saturated heterocycles. The number of anilines is 1. The average molecular weight is 405 g/mol. The highest BCUT2D eigenvalue weighted by Crippen LogP contribution is 2.29. The average Bonchev–Trinajstić information content (AvgIpc) is 3.02. The van der Waals surface area contributed by atoms with Gasteiger partial charge in [-0.05, 0) is 35.9 Å². The van der Waals surface area contributed by atoms with Gasteiger partial charge in [0.25, 0.3) is 17.6 Å². The number of aromatic nitrogens is 1. The number of amides is 2. The summed E-state index contributed by atoms with van der Waals surface area (Å²) < 4.78 is 16.7. The Kier molecular flexibility index (Phi) is 4.56. The van der Waals surface area contributed by atoms with E-state index in [4.69, 9.17) is 0 Å². The van der Waals surface area contributed by atoms with Gasteiger partial charge in [0.2, 0.25) is 0 Å². The Balaban J connectivity index is 1.69. The van der Waals surface area contributed by atoms with E-state index in [1.165, 1.54) is 18.6 Å². The summed E-state index contributed by atoms with van der Waals surface area (Å²) >= 11 is 0. The lowest BCUT2D eigenvalue weighted by Crippen LogP contribution is -2.12. The van der Waals surface area contributed by atoms with Gasteiger partial charge >= 0.3 is 0 Å². The van der Waals surface area contributed by atoms with Gasteiger partial charge in [0.15, 0.2) is 0 Å². The predicted octanol–water partition coefficient (Wildman–Crippen LogP) is 3.18. The molecule has 3 aromatic rings. The standard InChI is InChI=1S/C21H15N3O4S/c1-29(28,16-5-3-2-4-6-16)24-20(26)15-9-14(11-22-12-15)13-7-8-18-17(10-13)19(25)21(27)23-18/h2-12H,1H3,(H,23,25,27). The zero-order valence-electron chi connectivity index (χ0n) is 15.3. The molecule has 0 fully saturated rings. The monoisotopic (exact) mass is 405 g/mol. The fourth-order valence-corrected chi connectivity index (χ4v) is 4.16. The van der Waals surface area contributed by atoms with Crippen LogP contribution in [-0.4, -0.2) is 33.0 Å². The van der Waals surface area contributed by atoms with E-state index in [1.54, 1.807) is 54.6 Å². The third-order valence-electron chi connectivity index (χ3n) is 4.47. The van der Waals surface area contributed by atoms with E-state index in [9.17, 15) is 18.6 Å². The Labute approximate surface area is 167 Å². The van der Waals surface area contributed by atoms with Gasteiger partial charge in [0, 0.05) is 29.1 Å². The predicted molar refractivity (Wildman–Crippen MR) is 108 cm³/mol. The van der Waals surface area contributed by atoms with Crippen molar-refractivity contribution in [2.24, 2.45) is 4.36 Å². The van der Waals surface area contributed by atoms with Gasteiger partial charge in [-0.1, -0.05) is 24.3 Å². The number of nitrogens with one attached hydrogen (secondary N) is 1. The first-order chi connectivity index (χ1) is 13.8. The first kappa shape index (κ1) is 18.7. The Hall–Kier alpha value is -3.65. The number of ketones is 1. The van der Waals surface area contributed by atoms with Crippen molar-refractivity contribution in [3.05, 3.63) is 78.1 Å². The molecule has 2 amide bonds. The summed E-state index contributed by atoms with van der Waals surface area (Å²) in [5.74, 6) is -1.92. The first-order valence-corrected chi connectivity index (χ1v) is 10.5. The van der Waals surface area contributed by atoms with Crippen molar-refractivity contribution < 1.29 is 18.6 Å². The van der Waals surface area contributed by atoms with Gasteiger partial charge in [-0.2, -0.15) is 4.36 Å². The van der Waals surface area contributed by atoms with Crippen LogP contribution in [0.2, 0.25) is 0 Å². The van der Waals surface area contributed by atoms with Gasteiger partial charge in [0.1, 0.15) is 0 Å². The normalized spacial score (nSPS) is 14.7. The second-order valence-corrected chi connectivity index (χ2v) is 8.78. The molecule has 1 N–H and O–H groups in total. The number of rotatable bonds is 3. The van der Waals surface area contributed by atoms with Crippen LogP contribution >= 0.6 is 0 Å². The summed E-state index contributed by atoms with van der Waals surface area (Å²) in [7, 11) is -2.90. The number of pyridine rings is 1. The van der Waals surface area contributed by atoms with E-state index in [0.717, 1.165) is 0 Å². The van der Waals surface area contributed by atoms with Crippen molar-refractivity contribution in [3.8, 4) is 11.1 Å². The fraction of sp³-hybridized carbons (Fsp3) is 0.0476. The van der Waals surface area contributed by atoms with Crippen LogP contribution < -0.4 is 5.32 Å². The molecule has 29 heavy (non-hydrogen) atoms. The van der Waals surface area contributed by atoms with Crippen molar-refractivity contribution >= 4 is 33.0 Å². The van der Waals surface area contributed by atoms with E-state index < -0.39 is 27.3 Å². The van der Waals surface area contributed by atoms with E-state index in [2.05, 4.69) is 14.7 Å². The maximum Gasteiger partial charge on any atom is 0.296 e. The third kappa shape index (κ3) is 3.57. The second-order valence-electron chi connectivity index (χ2n) is 6.52. The zero-order chi connectivity index (χ0) is 20.6. The molecular weight excluding hydrogens is 390 g/mol. The Morgan fingerprint density at radius 1 is 1.00 bits per heavy atom. The Morgan fingerprint density at radius 3 is 2.52 bits per heavy atom. The fourth-order valence-electron chi connectivity index (χ4n) is 2.97. The van der Waals surface area contributed by atoms with Crippen LogP contribution in [0, 0.1) is 0 Å². The van der Waals surface area contributed by atoms with Gasteiger partial charge in [0.05, 0.1) is 26.5 Å². The summed E-state index contributed by atoms with van der Waals surface area (Å²) in [6.07, 6.45) is 4.29. The van der Waals surface area contributed by atoms with E-state index in [1.807, 2.05) is 0 Å². The number of benzene rings is 2. The highest BCUT2D eigenvalue weighted by molar-refractivity contribution is 7.93. The Bertz CT molecular complexity index is 1290. The lowest BCUT2D eigenvalue weighted by atomic mass is 10.0. The second kappa shape index (κ2) is 7.06. The highest BCUT2D eigenvalue weighted by atomic mass is 32.2. The molecule has 0 bridgehead atoms. The van der Waals surface area contributed by atoms with Gasteiger partial charge < -0.3 is 5.32 Å². The molecule has 7 nitrogen and oxygen atoms in total. The lowest BCUT2D eigenvalue weighted by Gasteiger charge is -2.06. The molecule has 8 heteroatoms. The molecule has 0 aliphatic carbocycles. The van der Waals surface area contributed by atoms with Crippen molar-refractivity contribution in [3.63, 3.8) is 0 Å². The zero-order valence-corrected chi connectivity index (χ0v) is 16.1. The molecule has 0 spiro atoms. The molecule has 2 aromatic carbocycles. The number of nitrogens with zero attached hydrogens (tertiary/aromatic N) is 2. The molecule has 1 aliphatic heterocycles. The van der Waals surface area contributed by atoms with E-state index in [-0.39, 0.29) is 11.1 Å². The molecule has 144 valence electrons. The summed E-state index contributed by atoms with van der Waals surface area (Å²) in [4.78, 5) is 40.6. The van der Waals surface area contributed by atoms with Crippen LogP contribution in [0.5, 0.6) is 0 Å². The number of hydrogen-bond acceptors (Lipinski definition) is 5. The lowest BCUT2D eigenvalue weighted by molar-refractivity contribution is -0.112. The quantitative estimate of drug-likeness (QED) is 0.674. The maximum atomic E-state index is 12.8. The van der Waals surface area contributed by atoms with Crippen molar-refractivity contribution in [1.82, 2.24) is 4.98 Å². The summed E-state index contributed by atoms with van der Waals surface area (Å²) in [5.41, 5.74) is 2.09. The molecule has 1 atom stereocenters. The van der Waals surface area contributed by atoms with Crippen LogP contribution in [0.1, 0.15) is 20.7 Å². The van der Waals surface area contributed by atoms with E-state index >= 15 is 0 Å². The summed E-state index contributed by atoms with van der Waals surface area (Å²) in [5, 5.41) is 2.49. The smallest absolute Gasteiger partial charge is 0.296 e. The minimum atomic E-state index is -2.90. The number of Topliss-reactive ketones (excluding diaryl/α,β-unsaturated/α-hetero) is 1. The number of carbonyl (C=O) groups excluding carboxylic acids is 3. The Morgan fingerprint density at radius 2 is 1.76 bits per heavy atom. The van der Waals surface area contributed by atoms with Crippen molar-refractivity contribution in [2.45, 2.75) is 4.90 Å². The summed E-state index contributed by atoms with van der Waals surface area (Å²) in [6.45, 7) is 0. The van der Waals surface area contributed by atoms with Gasteiger partial charge in [-0.25, -0.2) is 4.21 Å². The molecule has 1 aromatic heterocycles. The highest BCUT2D eigenvalue weighted by Gasteiger charge is 2.28. The largest absolute Gasteiger partial charge is 0.318 e. The number of hydrogen-bond donors (Lipinski definition) is 1. The topological polar surface area (TPSA) is 106 Å². The van der Waals surface area contributed by atoms with Crippen LogP contribution in [0.4, 0.5) is 5.69 Å². The maximum absolute atomic E-state index is 12.8. The van der Waals surface area contributed by atoms with Crippen LogP contribution in [0.15, 0.2) is 76.2 Å².